The van der Waals surface area contributed by atoms with Gasteiger partial charge >= 0.3 is 0 Å². The molecule has 1 atom stereocenters. The van der Waals surface area contributed by atoms with Crippen molar-refractivity contribution in [1.82, 2.24) is 4.90 Å². The number of halogens is 1. The predicted molar refractivity (Wildman–Crippen MR) is 81.8 cm³/mol. The number of aliphatic hydroxyl groups excluding tert-OH is 1. The molecular weight excluding hydrogens is 269 g/mol. The monoisotopic (exact) mass is 295 g/mol. The van der Waals surface area contributed by atoms with Gasteiger partial charge in [0.15, 0.2) is 0 Å². The van der Waals surface area contributed by atoms with Crippen LogP contribution in [0, 0.1) is 11.7 Å². The molecule has 2 rings (SSSR count). The van der Waals surface area contributed by atoms with Gasteiger partial charge in [0.1, 0.15) is 5.82 Å². The third-order valence-corrected chi connectivity index (χ3v) is 4.15. The van der Waals surface area contributed by atoms with Crippen LogP contribution in [0.2, 0.25) is 0 Å². The molecule has 0 aromatic heterocycles. The Morgan fingerprint density at radius 3 is 2.81 bits per heavy atom. The second-order valence-corrected chi connectivity index (χ2v) is 5.81. The Balaban J connectivity index is 1.67. The lowest BCUT2D eigenvalue weighted by molar-refractivity contribution is 0.0618. The van der Waals surface area contributed by atoms with Gasteiger partial charge in [0.2, 0.25) is 0 Å². The van der Waals surface area contributed by atoms with Gasteiger partial charge in [-0.1, -0.05) is 12.1 Å². The fraction of sp³-hybridized carbons (Fsp3) is 0.647. The van der Waals surface area contributed by atoms with E-state index in [4.69, 9.17) is 9.84 Å². The summed E-state index contributed by atoms with van der Waals surface area (Å²) in [5, 5.41) is 8.68. The maximum Gasteiger partial charge on any atom is 0.123 e. The number of aryl methyl sites for hydroxylation is 1. The number of hydrogen-bond acceptors (Lipinski definition) is 3. The molecule has 0 bridgehead atoms. The quantitative estimate of drug-likeness (QED) is 0.748. The highest BCUT2D eigenvalue weighted by Gasteiger charge is 2.19. The van der Waals surface area contributed by atoms with Crippen LogP contribution in [0.3, 0.4) is 0 Å². The minimum absolute atomic E-state index is 0.0975. The number of benzene rings is 1. The maximum absolute atomic E-state index is 12.9. The molecule has 3 nitrogen and oxygen atoms in total. The van der Waals surface area contributed by atoms with Crippen LogP contribution in [0.1, 0.15) is 24.8 Å². The molecule has 4 heteroatoms. The van der Waals surface area contributed by atoms with E-state index in [2.05, 4.69) is 4.90 Å². The predicted octanol–water partition coefficient (Wildman–Crippen LogP) is 2.48. The molecule has 0 radical (unpaired) electrons. The van der Waals surface area contributed by atoms with Crippen molar-refractivity contribution in [3.05, 3.63) is 35.6 Å². The Morgan fingerprint density at radius 2 is 2.05 bits per heavy atom. The Hall–Kier alpha value is -0.970. The zero-order chi connectivity index (χ0) is 14.9. The van der Waals surface area contributed by atoms with Crippen molar-refractivity contribution < 1.29 is 14.2 Å². The second kappa shape index (κ2) is 9.13. The van der Waals surface area contributed by atoms with Crippen molar-refractivity contribution in [2.75, 3.05) is 39.5 Å². The number of aliphatic hydroxyl groups is 1. The largest absolute Gasteiger partial charge is 0.394 e. The molecule has 0 aliphatic carbocycles. The molecule has 1 aromatic rings. The van der Waals surface area contributed by atoms with E-state index >= 15 is 0 Å². The average molecular weight is 295 g/mol. The topological polar surface area (TPSA) is 32.7 Å². The van der Waals surface area contributed by atoms with Gasteiger partial charge in [0, 0.05) is 13.1 Å². The maximum atomic E-state index is 12.9. The van der Waals surface area contributed by atoms with Gasteiger partial charge < -0.3 is 14.7 Å². The van der Waals surface area contributed by atoms with Crippen molar-refractivity contribution in [1.29, 1.82) is 0 Å². The molecule has 1 aliphatic rings. The number of piperidine rings is 1. The van der Waals surface area contributed by atoms with Crippen molar-refractivity contribution >= 4 is 0 Å². The molecule has 1 saturated heterocycles. The van der Waals surface area contributed by atoms with E-state index in [1.165, 1.54) is 24.8 Å². The van der Waals surface area contributed by atoms with E-state index in [-0.39, 0.29) is 12.4 Å². The molecule has 1 heterocycles. The highest BCUT2D eigenvalue weighted by atomic mass is 19.1. The fourth-order valence-corrected chi connectivity index (χ4v) is 2.97. The van der Waals surface area contributed by atoms with Crippen LogP contribution in [0.4, 0.5) is 4.39 Å². The number of likely N-dealkylation sites (tertiary alicyclic amines) is 1. The SMILES string of the molecule is OCCOCCN1CCCC(CCc2ccc(F)cc2)C1. The summed E-state index contributed by atoms with van der Waals surface area (Å²) in [5.41, 5.74) is 1.22. The summed E-state index contributed by atoms with van der Waals surface area (Å²) >= 11 is 0. The van der Waals surface area contributed by atoms with Gasteiger partial charge in [-0.25, -0.2) is 4.39 Å². The highest BCUT2D eigenvalue weighted by Crippen LogP contribution is 2.21. The van der Waals surface area contributed by atoms with E-state index in [1.807, 2.05) is 12.1 Å². The third-order valence-electron chi connectivity index (χ3n) is 4.15. The standard InChI is InChI=1S/C17H26FNO2/c18-17-7-5-15(6-8-17)3-4-16-2-1-9-19(14-16)10-12-21-13-11-20/h5-8,16,20H,1-4,9-14H2. The van der Waals surface area contributed by atoms with Crippen LogP contribution in [0.15, 0.2) is 24.3 Å². The van der Waals surface area contributed by atoms with Gasteiger partial charge in [-0.05, 0) is 55.8 Å². The molecule has 118 valence electrons. The lowest BCUT2D eigenvalue weighted by Gasteiger charge is -2.32. The van der Waals surface area contributed by atoms with Crippen LogP contribution in [-0.2, 0) is 11.2 Å². The lowest BCUT2D eigenvalue weighted by atomic mass is 9.91. The van der Waals surface area contributed by atoms with Gasteiger partial charge in [-0.3, -0.25) is 0 Å². The number of ether oxygens (including phenoxy) is 1. The van der Waals surface area contributed by atoms with Crippen LogP contribution >= 0.6 is 0 Å². The van der Waals surface area contributed by atoms with Gasteiger partial charge in [-0.2, -0.15) is 0 Å². The molecule has 1 N–H and O–H groups in total. The summed E-state index contributed by atoms with van der Waals surface area (Å²) in [5.74, 6) is 0.562. The summed E-state index contributed by atoms with van der Waals surface area (Å²) in [7, 11) is 0. The van der Waals surface area contributed by atoms with E-state index < -0.39 is 0 Å². The first-order valence-corrected chi connectivity index (χ1v) is 7.93. The number of rotatable bonds is 8. The van der Waals surface area contributed by atoms with Crippen LogP contribution < -0.4 is 0 Å². The first kappa shape index (κ1) is 16.4. The summed E-state index contributed by atoms with van der Waals surface area (Å²) < 4.78 is 18.2. The zero-order valence-electron chi connectivity index (χ0n) is 12.6. The second-order valence-electron chi connectivity index (χ2n) is 5.81. The van der Waals surface area contributed by atoms with Crippen molar-refractivity contribution in [2.24, 2.45) is 5.92 Å². The van der Waals surface area contributed by atoms with E-state index in [0.717, 1.165) is 32.0 Å². The Kier molecular flexibility index (Phi) is 7.13. The Labute approximate surface area is 126 Å². The van der Waals surface area contributed by atoms with Crippen molar-refractivity contribution in [2.45, 2.75) is 25.7 Å². The Bertz CT molecular complexity index is 396. The molecule has 1 aliphatic heterocycles. The summed E-state index contributed by atoms with van der Waals surface area (Å²) in [6, 6.07) is 6.86. The minimum atomic E-state index is -0.162. The fourth-order valence-electron chi connectivity index (χ4n) is 2.97. The molecule has 0 saturated carbocycles. The van der Waals surface area contributed by atoms with Crippen molar-refractivity contribution in [3.8, 4) is 0 Å². The summed E-state index contributed by atoms with van der Waals surface area (Å²) in [6.45, 7) is 4.46. The summed E-state index contributed by atoms with van der Waals surface area (Å²) in [6.07, 6.45) is 4.72. The minimum Gasteiger partial charge on any atom is -0.394 e. The van der Waals surface area contributed by atoms with Crippen molar-refractivity contribution in [3.63, 3.8) is 0 Å². The van der Waals surface area contributed by atoms with Crippen LogP contribution in [0.5, 0.6) is 0 Å². The molecule has 21 heavy (non-hydrogen) atoms. The van der Waals surface area contributed by atoms with Crippen LogP contribution in [-0.4, -0.2) is 49.5 Å². The molecule has 1 unspecified atom stereocenters. The molecule has 1 aromatic carbocycles. The summed E-state index contributed by atoms with van der Waals surface area (Å²) in [4.78, 5) is 2.45. The Morgan fingerprint density at radius 1 is 1.24 bits per heavy atom. The first-order valence-electron chi connectivity index (χ1n) is 7.93. The van der Waals surface area contributed by atoms with Gasteiger partial charge in [0.05, 0.1) is 19.8 Å². The van der Waals surface area contributed by atoms with E-state index in [1.54, 1.807) is 12.1 Å². The van der Waals surface area contributed by atoms with Crippen LogP contribution in [0.25, 0.3) is 0 Å². The molecule has 0 spiro atoms. The average Bonchev–Trinajstić information content (AvgIpc) is 2.52. The molecule has 1 fully saturated rings. The smallest absolute Gasteiger partial charge is 0.123 e. The normalized spacial score (nSPS) is 19.8. The van der Waals surface area contributed by atoms with Gasteiger partial charge in [-0.15, -0.1) is 0 Å². The molecule has 0 amide bonds. The van der Waals surface area contributed by atoms with Gasteiger partial charge in [0.25, 0.3) is 0 Å². The van der Waals surface area contributed by atoms with E-state index in [9.17, 15) is 4.39 Å². The first-order chi connectivity index (χ1) is 10.3. The zero-order valence-corrected chi connectivity index (χ0v) is 12.6. The number of hydrogen-bond donors (Lipinski definition) is 1. The highest BCUT2D eigenvalue weighted by molar-refractivity contribution is 5.16. The number of nitrogens with zero attached hydrogens (tertiary/aromatic N) is 1. The third kappa shape index (κ3) is 6.12. The van der Waals surface area contributed by atoms with E-state index in [0.29, 0.717) is 13.2 Å². The lowest BCUT2D eigenvalue weighted by Crippen LogP contribution is -2.37. The molecular formula is C17H26FNO2.